The number of imide groups is 1. The summed E-state index contributed by atoms with van der Waals surface area (Å²) in [6.45, 7) is 2.59. The van der Waals surface area contributed by atoms with Gasteiger partial charge in [-0.2, -0.15) is 0 Å². The number of hydrogen-bond donors (Lipinski definition) is 2. The molecule has 0 heterocycles. The number of methoxy groups -OCH3 is 1. The van der Waals surface area contributed by atoms with Gasteiger partial charge in [0.05, 0.1) is 7.11 Å². The third-order valence-electron chi connectivity index (χ3n) is 3.28. The van der Waals surface area contributed by atoms with E-state index < -0.39 is 31.1 Å². The molecule has 1 aromatic rings. The Bertz CT molecular complexity index is 661. The van der Waals surface area contributed by atoms with E-state index in [9.17, 15) is 19.2 Å². The zero-order chi connectivity index (χ0) is 19.5. The van der Waals surface area contributed by atoms with Gasteiger partial charge in [-0.15, -0.1) is 0 Å². The minimum Gasteiger partial charge on any atom is -0.493 e. The van der Waals surface area contributed by atoms with E-state index in [2.05, 4.69) is 5.32 Å². The molecular weight excluding hydrogens is 344 g/mol. The number of esters is 1. The molecule has 0 fully saturated rings. The lowest BCUT2D eigenvalue weighted by Gasteiger charge is -2.12. The van der Waals surface area contributed by atoms with Crippen LogP contribution in [0.4, 0.5) is 4.79 Å². The van der Waals surface area contributed by atoms with Crippen molar-refractivity contribution in [1.82, 2.24) is 10.6 Å². The minimum absolute atomic E-state index is 0.0840. The Morgan fingerprint density at radius 2 is 1.92 bits per heavy atom. The van der Waals surface area contributed by atoms with E-state index in [1.54, 1.807) is 6.92 Å². The van der Waals surface area contributed by atoms with Crippen LogP contribution in [0.5, 0.6) is 11.5 Å². The van der Waals surface area contributed by atoms with E-state index >= 15 is 0 Å². The standard InChI is InChI=1S/C17H22N2O7/c1-4-11(2)18-17(23)19-15(21)9-26-16(22)10-25-13-6-5-12(8-20)7-14(13)24-3/h5-8,11H,4,9-10H2,1-3H3,(H2,18,19,21,23)/t11-/m0/s1. The second kappa shape index (κ2) is 10.7. The molecule has 0 aromatic heterocycles. The number of amides is 3. The van der Waals surface area contributed by atoms with Gasteiger partial charge in [-0.3, -0.25) is 14.9 Å². The van der Waals surface area contributed by atoms with Crippen LogP contribution in [0, 0.1) is 0 Å². The number of ether oxygens (including phenoxy) is 3. The van der Waals surface area contributed by atoms with Crippen LogP contribution in [0.2, 0.25) is 0 Å². The molecule has 0 aliphatic heterocycles. The average Bonchev–Trinajstić information content (AvgIpc) is 2.64. The molecule has 0 bridgehead atoms. The third kappa shape index (κ3) is 7.20. The predicted octanol–water partition coefficient (Wildman–Crippen LogP) is 1.05. The Hall–Kier alpha value is -3.10. The fourth-order valence-electron chi connectivity index (χ4n) is 1.73. The van der Waals surface area contributed by atoms with E-state index in [4.69, 9.17) is 14.2 Å². The summed E-state index contributed by atoms with van der Waals surface area (Å²) in [7, 11) is 1.39. The summed E-state index contributed by atoms with van der Waals surface area (Å²) in [5, 5.41) is 4.59. The summed E-state index contributed by atoms with van der Waals surface area (Å²) in [5.41, 5.74) is 0.393. The Morgan fingerprint density at radius 1 is 1.19 bits per heavy atom. The van der Waals surface area contributed by atoms with Gasteiger partial charge in [-0.25, -0.2) is 9.59 Å². The summed E-state index contributed by atoms with van der Waals surface area (Å²) in [5.74, 6) is -1.04. The van der Waals surface area contributed by atoms with Crippen molar-refractivity contribution in [3.8, 4) is 11.5 Å². The van der Waals surface area contributed by atoms with Crippen LogP contribution >= 0.6 is 0 Å². The first-order valence-electron chi connectivity index (χ1n) is 7.91. The highest BCUT2D eigenvalue weighted by atomic mass is 16.6. The Balaban J connectivity index is 2.40. The van der Waals surface area contributed by atoms with Gasteiger partial charge >= 0.3 is 12.0 Å². The maximum atomic E-state index is 11.6. The van der Waals surface area contributed by atoms with Gasteiger partial charge < -0.3 is 19.5 Å². The van der Waals surface area contributed by atoms with E-state index in [0.717, 1.165) is 0 Å². The lowest BCUT2D eigenvalue weighted by molar-refractivity contribution is -0.150. The number of urea groups is 1. The molecule has 3 amide bonds. The van der Waals surface area contributed by atoms with Crippen molar-refractivity contribution >= 4 is 24.2 Å². The number of benzene rings is 1. The first-order chi connectivity index (χ1) is 12.4. The summed E-state index contributed by atoms with van der Waals surface area (Å²) in [4.78, 5) is 45.3. The lowest BCUT2D eigenvalue weighted by atomic mass is 10.2. The molecule has 0 radical (unpaired) electrons. The number of nitrogens with one attached hydrogen (secondary N) is 2. The second-order valence-corrected chi connectivity index (χ2v) is 5.31. The molecule has 1 aromatic carbocycles. The van der Waals surface area contributed by atoms with Gasteiger partial charge in [-0.05, 0) is 31.5 Å². The molecule has 0 saturated heterocycles. The number of aldehydes is 1. The average molecular weight is 366 g/mol. The van der Waals surface area contributed by atoms with Crippen molar-refractivity contribution in [2.45, 2.75) is 26.3 Å². The van der Waals surface area contributed by atoms with Gasteiger partial charge in [-0.1, -0.05) is 6.92 Å². The summed E-state index contributed by atoms with van der Waals surface area (Å²) < 4.78 is 15.0. The van der Waals surface area contributed by atoms with Crippen molar-refractivity contribution < 1.29 is 33.4 Å². The van der Waals surface area contributed by atoms with Crippen molar-refractivity contribution in [3.05, 3.63) is 23.8 Å². The number of carbonyl (C=O) groups is 4. The molecule has 0 aliphatic carbocycles. The third-order valence-corrected chi connectivity index (χ3v) is 3.28. The van der Waals surface area contributed by atoms with Gasteiger partial charge in [0.15, 0.2) is 24.7 Å². The zero-order valence-electron chi connectivity index (χ0n) is 14.9. The first kappa shape index (κ1) is 20.9. The van der Waals surface area contributed by atoms with Crippen LogP contribution in [0.1, 0.15) is 30.6 Å². The van der Waals surface area contributed by atoms with Crippen molar-refractivity contribution in [3.63, 3.8) is 0 Å². The van der Waals surface area contributed by atoms with Gasteiger partial charge in [0.2, 0.25) is 0 Å². The molecule has 142 valence electrons. The highest BCUT2D eigenvalue weighted by molar-refractivity contribution is 5.95. The van der Waals surface area contributed by atoms with Crippen molar-refractivity contribution in [1.29, 1.82) is 0 Å². The quantitative estimate of drug-likeness (QED) is 0.495. The molecule has 9 nitrogen and oxygen atoms in total. The first-order valence-corrected chi connectivity index (χ1v) is 7.91. The monoisotopic (exact) mass is 366 g/mol. The normalized spacial score (nSPS) is 11.0. The maximum absolute atomic E-state index is 11.6. The van der Waals surface area contributed by atoms with Crippen LogP contribution in [0.25, 0.3) is 0 Å². The molecule has 0 saturated carbocycles. The fourth-order valence-corrected chi connectivity index (χ4v) is 1.73. The molecule has 1 rings (SSSR count). The highest BCUT2D eigenvalue weighted by Crippen LogP contribution is 2.27. The van der Waals surface area contributed by atoms with Gasteiger partial charge in [0, 0.05) is 11.6 Å². The molecule has 26 heavy (non-hydrogen) atoms. The summed E-state index contributed by atoms with van der Waals surface area (Å²) in [6.07, 6.45) is 1.36. The van der Waals surface area contributed by atoms with Gasteiger partial charge in [0.1, 0.15) is 6.29 Å². The molecule has 0 unspecified atom stereocenters. The molecule has 0 spiro atoms. The predicted molar refractivity (Wildman–Crippen MR) is 91.3 cm³/mol. The minimum atomic E-state index is -0.802. The molecule has 2 N–H and O–H groups in total. The lowest BCUT2D eigenvalue weighted by Crippen LogP contribution is -2.44. The second-order valence-electron chi connectivity index (χ2n) is 5.31. The van der Waals surface area contributed by atoms with E-state index in [1.807, 2.05) is 12.2 Å². The Morgan fingerprint density at radius 3 is 2.54 bits per heavy atom. The van der Waals surface area contributed by atoms with Crippen molar-refractivity contribution in [2.75, 3.05) is 20.3 Å². The maximum Gasteiger partial charge on any atom is 0.344 e. The zero-order valence-corrected chi connectivity index (χ0v) is 14.9. The summed E-state index contributed by atoms with van der Waals surface area (Å²) >= 11 is 0. The van der Waals surface area contributed by atoms with Crippen LogP contribution in [0.15, 0.2) is 18.2 Å². The Labute approximate surface area is 151 Å². The van der Waals surface area contributed by atoms with Crippen LogP contribution < -0.4 is 20.1 Å². The summed E-state index contributed by atoms with van der Waals surface area (Å²) in [6, 6.07) is 3.69. The Kier molecular flexibility index (Phi) is 8.62. The largest absolute Gasteiger partial charge is 0.493 e. The molecule has 9 heteroatoms. The van der Waals surface area contributed by atoms with Crippen LogP contribution in [-0.2, 0) is 14.3 Å². The van der Waals surface area contributed by atoms with Crippen LogP contribution in [-0.4, -0.2) is 50.6 Å². The topological polar surface area (TPSA) is 120 Å². The van der Waals surface area contributed by atoms with Crippen LogP contribution in [0.3, 0.4) is 0 Å². The fraction of sp³-hybridized carbons (Fsp3) is 0.412. The number of hydrogen-bond acceptors (Lipinski definition) is 7. The SMILES string of the molecule is CC[C@H](C)NC(=O)NC(=O)COC(=O)COc1ccc(C=O)cc1OC. The van der Waals surface area contributed by atoms with E-state index in [-0.39, 0.29) is 17.5 Å². The number of carbonyl (C=O) groups excluding carboxylic acids is 4. The molecule has 0 aliphatic rings. The highest BCUT2D eigenvalue weighted by Gasteiger charge is 2.13. The molecular formula is C17H22N2O7. The van der Waals surface area contributed by atoms with Crippen molar-refractivity contribution in [2.24, 2.45) is 0 Å². The van der Waals surface area contributed by atoms with E-state index in [0.29, 0.717) is 18.3 Å². The molecule has 1 atom stereocenters. The smallest absolute Gasteiger partial charge is 0.344 e. The number of rotatable bonds is 9. The van der Waals surface area contributed by atoms with E-state index in [1.165, 1.54) is 25.3 Å². The van der Waals surface area contributed by atoms with Gasteiger partial charge in [0.25, 0.3) is 5.91 Å².